The summed E-state index contributed by atoms with van der Waals surface area (Å²) in [5.41, 5.74) is 1.61. The van der Waals surface area contributed by atoms with Crippen LogP contribution in [0.3, 0.4) is 0 Å². The number of halogens is 1. The van der Waals surface area contributed by atoms with Gasteiger partial charge in [0.2, 0.25) is 11.5 Å². The van der Waals surface area contributed by atoms with E-state index in [1.165, 1.54) is 18.2 Å². The molecule has 0 amide bonds. The molecule has 0 aliphatic heterocycles. The number of carbonyl (C=O) groups excluding carboxylic acids is 1. The van der Waals surface area contributed by atoms with Crippen molar-refractivity contribution in [1.29, 1.82) is 0 Å². The highest BCUT2D eigenvalue weighted by Gasteiger charge is 2.17. The number of Topliss-reactive ketones (excluding diaryl/α,β-unsaturated/α-hetero) is 1. The molecule has 0 aromatic heterocycles. The van der Waals surface area contributed by atoms with E-state index in [9.17, 15) is 24.5 Å². The number of hydrogen-bond donors (Lipinski definition) is 3. The second-order valence-corrected chi connectivity index (χ2v) is 6.00. The van der Waals surface area contributed by atoms with Crippen LogP contribution in [0.2, 0.25) is 0 Å². The third kappa shape index (κ3) is 4.48. The first-order valence-corrected chi connectivity index (χ1v) is 8.37. The van der Waals surface area contributed by atoms with Crippen molar-refractivity contribution in [2.75, 3.05) is 6.61 Å². The zero-order valence-electron chi connectivity index (χ0n) is 14.7. The molecule has 3 aromatic rings. The summed E-state index contributed by atoms with van der Waals surface area (Å²) in [7, 11) is 0. The zero-order valence-corrected chi connectivity index (χ0v) is 14.7. The van der Waals surface area contributed by atoms with E-state index in [0.29, 0.717) is 5.75 Å². The van der Waals surface area contributed by atoms with Gasteiger partial charge in [0, 0.05) is 0 Å². The number of phenols is 3. The van der Waals surface area contributed by atoms with Crippen LogP contribution in [0, 0.1) is 5.82 Å². The molecule has 142 valence electrons. The average Bonchev–Trinajstić information content (AvgIpc) is 2.71. The van der Waals surface area contributed by atoms with Crippen molar-refractivity contribution in [2.24, 2.45) is 0 Å². The fraction of sp³-hybridized carbons (Fsp3) is 0.0455. The van der Waals surface area contributed by atoms with Gasteiger partial charge in [0.1, 0.15) is 11.6 Å². The molecule has 0 radical (unpaired) electrons. The Morgan fingerprint density at radius 3 is 2.00 bits per heavy atom. The Morgan fingerprint density at radius 2 is 1.39 bits per heavy atom. The highest BCUT2D eigenvalue weighted by Crippen LogP contribution is 2.37. The Kier molecular flexibility index (Phi) is 5.60. The molecule has 6 heteroatoms. The number of ether oxygens (including phenoxy) is 1. The summed E-state index contributed by atoms with van der Waals surface area (Å²) in [4.78, 5) is 12.1. The number of phenolic OH excluding ortho intramolecular Hbond substituents is 3. The Bertz CT molecular complexity index is 1010. The van der Waals surface area contributed by atoms with Gasteiger partial charge in [0.15, 0.2) is 18.1 Å². The number of aromatic hydroxyl groups is 3. The SMILES string of the molecule is O=C(COc1ccc(/C=C/c2ccc(F)cc2)cc1)c1ccc(O)c(O)c1O. The highest BCUT2D eigenvalue weighted by atomic mass is 19.1. The second kappa shape index (κ2) is 8.26. The fourth-order valence-corrected chi connectivity index (χ4v) is 2.46. The molecule has 0 saturated heterocycles. The molecular weight excluding hydrogens is 363 g/mol. The molecule has 0 bridgehead atoms. The molecule has 0 saturated carbocycles. The largest absolute Gasteiger partial charge is 0.504 e. The van der Waals surface area contributed by atoms with Crippen molar-refractivity contribution in [3.8, 4) is 23.0 Å². The third-order valence-electron chi connectivity index (χ3n) is 4.02. The molecule has 0 heterocycles. The molecule has 3 N–H and O–H groups in total. The van der Waals surface area contributed by atoms with E-state index in [1.807, 2.05) is 12.2 Å². The summed E-state index contributed by atoms with van der Waals surface area (Å²) in [5, 5.41) is 28.5. The van der Waals surface area contributed by atoms with Gasteiger partial charge in [0.05, 0.1) is 5.56 Å². The van der Waals surface area contributed by atoms with Crippen LogP contribution < -0.4 is 4.74 Å². The first kappa shape index (κ1) is 19.0. The van der Waals surface area contributed by atoms with Crippen LogP contribution in [0.15, 0.2) is 60.7 Å². The lowest BCUT2D eigenvalue weighted by Crippen LogP contribution is -2.11. The van der Waals surface area contributed by atoms with Crippen molar-refractivity contribution in [2.45, 2.75) is 0 Å². The van der Waals surface area contributed by atoms with Crippen LogP contribution >= 0.6 is 0 Å². The monoisotopic (exact) mass is 380 g/mol. The maximum atomic E-state index is 12.9. The van der Waals surface area contributed by atoms with E-state index < -0.39 is 23.0 Å². The number of carbonyl (C=O) groups is 1. The molecule has 0 aliphatic carbocycles. The smallest absolute Gasteiger partial charge is 0.204 e. The molecule has 0 spiro atoms. The van der Waals surface area contributed by atoms with Crippen LogP contribution in [-0.4, -0.2) is 27.7 Å². The van der Waals surface area contributed by atoms with E-state index in [4.69, 9.17) is 4.74 Å². The molecule has 3 aromatic carbocycles. The summed E-state index contributed by atoms with van der Waals surface area (Å²) < 4.78 is 18.3. The minimum Gasteiger partial charge on any atom is -0.504 e. The predicted octanol–water partition coefficient (Wildman–Crippen LogP) is 4.37. The number of benzene rings is 3. The lowest BCUT2D eigenvalue weighted by atomic mass is 10.1. The van der Waals surface area contributed by atoms with Crippen molar-refractivity contribution < 1.29 is 29.2 Å². The normalized spacial score (nSPS) is 10.9. The quantitative estimate of drug-likeness (QED) is 0.336. The molecule has 0 fully saturated rings. The lowest BCUT2D eigenvalue weighted by molar-refractivity contribution is 0.0918. The Balaban J connectivity index is 1.61. The van der Waals surface area contributed by atoms with Gasteiger partial charge in [-0.3, -0.25) is 4.79 Å². The van der Waals surface area contributed by atoms with Gasteiger partial charge in [-0.15, -0.1) is 0 Å². The van der Waals surface area contributed by atoms with Crippen LogP contribution in [0.4, 0.5) is 4.39 Å². The number of rotatable bonds is 6. The summed E-state index contributed by atoms with van der Waals surface area (Å²) in [6, 6.07) is 15.4. The van der Waals surface area contributed by atoms with Crippen molar-refractivity contribution >= 4 is 17.9 Å². The maximum absolute atomic E-state index is 12.9. The van der Waals surface area contributed by atoms with E-state index in [0.717, 1.165) is 17.2 Å². The van der Waals surface area contributed by atoms with Crippen LogP contribution in [-0.2, 0) is 0 Å². The van der Waals surface area contributed by atoms with Gasteiger partial charge < -0.3 is 20.1 Å². The summed E-state index contributed by atoms with van der Waals surface area (Å²) >= 11 is 0. The molecule has 3 rings (SSSR count). The molecule has 0 atom stereocenters. The first-order valence-electron chi connectivity index (χ1n) is 8.37. The number of ketones is 1. The molecule has 5 nitrogen and oxygen atoms in total. The van der Waals surface area contributed by atoms with Crippen LogP contribution in [0.25, 0.3) is 12.2 Å². The average molecular weight is 380 g/mol. The van der Waals surface area contributed by atoms with Crippen LogP contribution in [0.5, 0.6) is 23.0 Å². The van der Waals surface area contributed by atoms with Crippen molar-refractivity contribution in [3.05, 3.63) is 83.2 Å². The Morgan fingerprint density at radius 1 is 0.821 bits per heavy atom. The van der Waals surface area contributed by atoms with Gasteiger partial charge >= 0.3 is 0 Å². The Hall–Kier alpha value is -3.80. The van der Waals surface area contributed by atoms with Gasteiger partial charge in [-0.2, -0.15) is 0 Å². The molecular formula is C22H17FO5. The zero-order chi connectivity index (χ0) is 20.1. The molecule has 0 unspecified atom stereocenters. The van der Waals surface area contributed by atoms with E-state index in [2.05, 4.69) is 0 Å². The minimum absolute atomic E-state index is 0.144. The molecule has 28 heavy (non-hydrogen) atoms. The first-order chi connectivity index (χ1) is 13.4. The minimum atomic E-state index is -0.747. The second-order valence-electron chi connectivity index (χ2n) is 6.00. The molecule has 0 aliphatic rings. The lowest BCUT2D eigenvalue weighted by Gasteiger charge is -2.08. The topological polar surface area (TPSA) is 87.0 Å². The Labute approximate surface area is 160 Å². The summed E-state index contributed by atoms with van der Waals surface area (Å²) in [6.45, 7) is -0.345. The summed E-state index contributed by atoms with van der Waals surface area (Å²) in [6.07, 6.45) is 3.71. The fourth-order valence-electron chi connectivity index (χ4n) is 2.46. The van der Waals surface area contributed by atoms with E-state index in [-0.39, 0.29) is 18.0 Å². The third-order valence-corrected chi connectivity index (χ3v) is 4.02. The van der Waals surface area contributed by atoms with Crippen molar-refractivity contribution in [3.63, 3.8) is 0 Å². The van der Waals surface area contributed by atoms with Gasteiger partial charge in [-0.05, 0) is 47.5 Å². The van der Waals surface area contributed by atoms with E-state index >= 15 is 0 Å². The highest BCUT2D eigenvalue weighted by molar-refractivity contribution is 6.00. The van der Waals surface area contributed by atoms with Gasteiger partial charge in [-0.25, -0.2) is 4.39 Å². The standard InChI is InChI=1S/C22H17FO5/c23-16-7-3-14(4-8-16)1-2-15-5-9-17(10-6-15)28-13-20(25)18-11-12-19(24)22(27)21(18)26/h1-12,24,26-27H,13H2/b2-1+. The summed E-state index contributed by atoms with van der Waals surface area (Å²) in [5.74, 6) is -2.33. The number of hydrogen-bond acceptors (Lipinski definition) is 5. The maximum Gasteiger partial charge on any atom is 0.204 e. The van der Waals surface area contributed by atoms with Crippen molar-refractivity contribution in [1.82, 2.24) is 0 Å². The van der Waals surface area contributed by atoms with Crippen LogP contribution in [0.1, 0.15) is 21.5 Å². The van der Waals surface area contributed by atoms with Gasteiger partial charge in [-0.1, -0.05) is 36.4 Å². The van der Waals surface area contributed by atoms with E-state index in [1.54, 1.807) is 36.4 Å². The predicted molar refractivity (Wildman–Crippen MR) is 103 cm³/mol. The van der Waals surface area contributed by atoms with Gasteiger partial charge in [0.25, 0.3) is 0 Å².